The number of carbonyl (C=O) groups is 8. The van der Waals surface area contributed by atoms with E-state index in [-0.39, 0.29) is 85.1 Å². The van der Waals surface area contributed by atoms with E-state index in [2.05, 4.69) is 6.92 Å². The minimum absolute atomic E-state index is 0.112. The third kappa shape index (κ3) is 25.9. The highest BCUT2D eigenvalue weighted by molar-refractivity contribution is 5.81. The first-order valence-electron chi connectivity index (χ1n) is 29.8. The van der Waals surface area contributed by atoms with Crippen LogP contribution in [0.25, 0.3) is 0 Å². The Morgan fingerprint density at radius 2 is 0.577 bits per heavy atom. The molecule has 0 N–H and O–H groups in total. The maximum Gasteiger partial charge on any atom is 0.344 e. The predicted octanol–water partition coefficient (Wildman–Crippen LogP) is 13.7. The fourth-order valence-corrected chi connectivity index (χ4v) is 9.21. The molecule has 4 aliphatic carbocycles. The molecule has 16 nitrogen and oxygen atoms in total. The van der Waals surface area contributed by atoms with Crippen LogP contribution in [-0.2, 0) is 76.3 Å². The molecule has 0 radical (unpaired) electrons. The second kappa shape index (κ2) is 33.5. The lowest BCUT2D eigenvalue weighted by molar-refractivity contribution is -0.176. The van der Waals surface area contributed by atoms with Crippen LogP contribution in [0.4, 0.5) is 0 Å². The highest BCUT2D eigenvalue weighted by Crippen LogP contribution is 2.37. The molecular weight excluding hydrogens is 1000 g/mol. The lowest BCUT2D eigenvalue weighted by Gasteiger charge is -2.36. The molecule has 0 heterocycles. The van der Waals surface area contributed by atoms with Gasteiger partial charge in [0.15, 0.2) is 19.8 Å². The first kappa shape index (κ1) is 71.8. The van der Waals surface area contributed by atoms with Crippen molar-refractivity contribution in [3.8, 4) is 0 Å². The largest absolute Gasteiger partial charge is 0.465 e. The Morgan fingerprint density at radius 1 is 0.333 bits per heavy atom. The van der Waals surface area contributed by atoms with Crippen LogP contribution in [0.15, 0.2) is 0 Å². The molecule has 78 heavy (non-hydrogen) atoms. The van der Waals surface area contributed by atoms with Gasteiger partial charge < -0.3 is 37.9 Å². The van der Waals surface area contributed by atoms with Gasteiger partial charge in [0.1, 0.15) is 29.0 Å². The smallest absolute Gasteiger partial charge is 0.344 e. The van der Waals surface area contributed by atoms with Crippen molar-refractivity contribution in [3.05, 3.63) is 0 Å². The van der Waals surface area contributed by atoms with E-state index in [4.69, 9.17) is 37.9 Å². The second-order valence-corrected chi connectivity index (χ2v) is 25.3. The van der Waals surface area contributed by atoms with Gasteiger partial charge in [-0.2, -0.15) is 0 Å². The first-order valence-corrected chi connectivity index (χ1v) is 29.8. The minimum Gasteiger partial charge on any atom is -0.465 e. The van der Waals surface area contributed by atoms with Gasteiger partial charge in [-0.25, -0.2) is 14.4 Å². The summed E-state index contributed by atoms with van der Waals surface area (Å²) in [7, 11) is 0. The van der Waals surface area contributed by atoms with E-state index in [1.165, 1.54) is 19.3 Å². The van der Waals surface area contributed by atoms with Crippen molar-refractivity contribution in [2.75, 3.05) is 26.4 Å². The zero-order valence-electron chi connectivity index (χ0n) is 51.7. The average molecular weight is 1110 g/mol. The zero-order chi connectivity index (χ0) is 59.5. The van der Waals surface area contributed by atoms with E-state index in [1.54, 1.807) is 13.8 Å². The van der Waals surface area contributed by atoms with Crippen LogP contribution in [0.5, 0.6) is 0 Å². The van der Waals surface area contributed by atoms with E-state index in [1.807, 2.05) is 90.0 Å². The van der Waals surface area contributed by atoms with Gasteiger partial charge in [-0.3, -0.25) is 24.0 Å². The standard InChI is InChI=1S/C17H30O4.C16H28O4.C15H26O4.C14H24O4/c1-5-16(3,4)15(19)20-13-10-14(18)21-17(6-2)11-8-7-9-12-17;1-5-15(3,4)14(18)19-12-13(17)20-16(6-2)10-8-7-9-11-16;1-5-14(2,3)13(17)18-11-12(16)19-15(4)9-7-6-8-10-15;1-5-13(2,3)12(16)17-10-11(15)18-14(4)8-6-7-9-14/h5-13H2,1-4H3;5-12H2,1-4H3;5-11H2,1-4H3;5-10H2,1-4H3. The van der Waals surface area contributed by atoms with Crippen molar-refractivity contribution in [3.63, 3.8) is 0 Å². The van der Waals surface area contributed by atoms with Gasteiger partial charge in [0.05, 0.1) is 28.1 Å². The van der Waals surface area contributed by atoms with Gasteiger partial charge >= 0.3 is 47.8 Å². The van der Waals surface area contributed by atoms with Crippen molar-refractivity contribution < 1.29 is 76.3 Å². The number of hydrogen-bond acceptors (Lipinski definition) is 16. The third-order valence-corrected chi connectivity index (χ3v) is 17.0. The molecule has 452 valence electrons. The van der Waals surface area contributed by atoms with Crippen LogP contribution in [0.1, 0.15) is 278 Å². The summed E-state index contributed by atoms with van der Waals surface area (Å²) < 4.78 is 42.4. The summed E-state index contributed by atoms with van der Waals surface area (Å²) >= 11 is 0. The molecule has 0 saturated heterocycles. The highest BCUT2D eigenvalue weighted by atomic mass is 16.6. The Bertz CT molecular complexity index is 1870. The molecule has 0 amide bonds. The summed E-state index contributed by atoms with van der Waals surface area (Å²) in [6.45, 7) is 29.6. The van der Waals surface area contributed by atoms with Crippen LogP contribution in [0.3, 0.4) is 0 Å². The molecular formula is C62H108O16. The topological polar surface area (TPSA) is 210 Å². The molecule has 0 atom stereocenters. The van der Waals surface area contributed by atoms with Gasteiger partial charge in [0.2, 0.25) is 0 Å². The quantitative estimate of drug-likeness (QED) is 0.0688. The van der Waals surface area contributed by atoms with Crippen molar-refractivity contribution in [2.24, 2.45) is 21.7 Å². The number of esters is 8. The number of carbonyl (C=O) groups excluding carboxylic acids is 8. The number of ether oxygens (including phenoxy) is 8. The van der Waals surface area contributed by atoms with Crippen molar-refractivity contribution >= 4 is 47.8 Å². The normalized spacial score (nSPS) is 18.4. The molecule has 4 rings (SSSR count). The highest BCUT2D eigenvalue weighted by Gasteiger charge is 2.38. The number of hydrogen-bond donors (Lipinski definition) is 0. The van der Waals surface area contributed by atoms with E-state index in [0.29, 0.717) is 19.3 Å². The lowest BCUT2D eigenvalue weighted by Crippen LogP contribution is -2.38. The summed E-state index contributed by atoms with van der Waals surface area (Å²) in [5, 5.41) is 0. The van der Waals surface area contributed by atoms with Crippen LogP contribution in [-0.4, -0.2) is 96.6 Å². The third-order valence-electron chi connectivity index (χ3n) is 17.0. The fraction of sp³-hybridized carbons (Fsp3) is 0.871. The van der Waals surface area contributed by atoms with Gasteiger partial charge in [-0.05, 0) is 210 Å². The van der Waals surface area contributed by atoms with Crippen LogP contribution in [0, 0.1) is 21.7 Å². The predicted molar refractivity (Wildman–Crippen MR) is 300 cm³/mol. The second-order valence-electron chi connectivity index (χ2n) is 25.3. The maximum absolute atomic E-state index is 12.0. The maximum atomic E-state index is 12.0. The van der Waals surface area contributed by atoms with E-state index >= 15 is 0 Å². The minimum atomic E-state index is -0.548. The lowest BCUT2D eigenvalue weighted by atomic mass is 9.83. The SMILES string of the molecule is CCC(C)(C)C(=O)OCC(=O)OC1(C)CCCC1.CCC(C)(C)C(=O)OCC(=O)OC1(C)CCCCC1.CCC1(OC(=O)CCOC(=O)C(C)(C)CC)CCCCC1.CCC1(OC(=O)COC(=O)C(C)(C)CC)CCCCC1. The average Bonchev–Trinajstić information content (AvgIpc) is 3.84. The molecule has 0 aromatic carbocycles. The summed E-state index contributed by atoms with van der Waals surface area (Å²) in [6.07, 6.45) is 24.4. The first-order chi connectivity index (χ1) is 36.3. The monoisotopic (exact) mass is 1110 g/mol. The van der Waals surface area contributed by atoms with Crippen LogP contribution >= 0.6 is 0 Å². The van der Waals surface area contributed by atoms with E-state index < -0.39 is 39.6 Å². The van der Waals surface area contributed by atoms with E-state index in [9.17, 15) is 38.4 Å². The Kier molecular flexibility index (Phi) is 30.8. The van der Waals surface area contributed by atoms with Crippen molar-refractivity contribution in [1.82, 2.24) is 0 Å². The Hall–Kier alpha value is -4.24. The molecule has 0 aromatic rings. The molecule has 0 spiro atoms. The summed E-state index contributed by atoms with van der Waals surface area (Å²) in [5.41, 5.74) is -3.46. The zero-order valence-corrected chi connectivity index (χ0v) is 51.7. The van der Waals surface area contributed by atoms with Crippen LogP contribution in [0.2, 0.25) is 0 Å². The van der Waals surface area contributed by atoms with E-state index in [0.717, 1.165) is 122 Å². The molecule has 0 aliphatic heterocycles. The Morgan fingerprint density at radius 3 is 0.859 bits per heavy atom. The van der Waals surface area contributed by atoms with Gasteiger partial charge in [-0.15, -0.1) is 0 Å². The molecule has 0 aromatic heterocycles. The summed E-state index contributed by atoms with van der Waals surface area (Å²) in [6, 6.07) is 0. The Labute approximate surface area is 470 Å². The summed E-state index contributed by atoms with van der Waals surface area (Å²) in [5.74, 6) is -2.84. The molecule has 0 bridgehead atoms. The molecule has 4 aliphatic rings. The molecule has 0 unspecified atom stereocenters. The molecule has 4 saturated carbocycles. The van der Waals surface area contributed by atoms with Crippen molar-refractivity contribution in [2.45, 2.75) is 300 Å². The fourth-order valence-electron chi connectivity index (χ4n) is 9.21. The molecule has 16 heteroatoms. The van der Waals surface area contributed by atoms with Crippen molar-refractivity contribution in [1.29, 1.82) is 0 Å². The van der Waals surface area contributed by atoms with Gasteiger partial charge in [0.25, 0.3) is 0 Å². The van der Waals surface area contributed by atoms with Gasteiger partial charge in [0, 0.05) is 0 Å². The number of rotatable bonds is 23. The summed E-state index contributed by atoms with van der Waals surface area (Å²) in [4.78, 5) is 94.3. The van der Waals surface area contributed by atoms with Gasteiger partial charge in [-0.1, -0.05) is 60.8 Å². The van der Waals surface area contributed by atoms with Crippen LogP contribution < -0.4 is 0 Å². The molecule has 4 fully saturated rings. The Balaban J connectivity index is 0.000000521.